The van der Waals surface area contributed by atoms with E-state index < -0.39 is 17.6 Å². The van der Waals surface area contributed by atoms with Gasteiger partial charge in [-0.05, 0) is 31.9 Å². The molecule has 0 bridgehead atoms. The molecule has 7 heteroatoms. The highest BCUT2D eigenvalue weighted by Crippen LogP contribution is 2.34. The minimum Gasteiger partial charge on any atom is -0.377 e. The van der Waals surface area contributed by atoms with Crippen LogP contribution in [0.2, 0.25) is 0 Å². The Morgan fingerprint density at radius 1 is 1.39 bits per heavy atom. The summed E-state index contributed by atoms with van der Waals surface area (Å²) in [5, 5.41) is 5.52. The standard InChI is InChI=1S/C16H21F3N2O2/c1-11(20-10-12-5-4-8-23-12)9-15(22)21-14-7-3-2-6-13(14)16(17,18)19/h2-3,6-7,11-12,20H,4-5,8-10H2,1H3,(H,21,22). The smallest absolute Gasteiger partial charge is 0.377 e. The van der Waals surface area contributed by atoms with E-state index >= 15 is 0 Å². The van der Waals surface area contributed by atoms with Crippen molar-refractivity contribution < 1.29 is 22.7 Å². The summed E-state index contributed by atoms with van der Waals surface area (Å²) in [6.07, 6.45) is -2.21. The molecule has 4 nitrogen and oxygen atoms in total. The second-order valence-corrected chi connectivity index (χ2v) is 5.74. The van der Waals surface area contributed by atoms with E-state index in [-0.39, 0.29) is 24.3 Å². The maximum atomic E-state index is 12.9. The summed E-state index contributed by atoms with van der Waals surface area (Å²) in [4.78, 5) is 11.9. The zero-order valence-corrected chi connectivity index (χ0v) is 13.0. The highest BCUT2D eigenvalue weighted by atomic mass is 19.4. The van der Waals surface area contributed by atoms with Gasteiger partial charge in [0.1, 0.15) is 0 Å². The van der Waals surface area contributed by atoms with Gasteiger partial charge in [0.05, 0.1) is 17.4 Å². The molecule has 1 aliphatic heterocycles. The fourth-order valence-corrected chi connectivity index (χ4v) is 2.53. The summed E-state index contributed by atoms with van der Waals surface area (Å²) >= 11 is 0. The Morgan fingerprint density at radius 3 is 2.78 bits per heavy atom. The number of carbonyl (C=O) groups is 1. The van der Waals surface area contributed by atoms with Crippen LogP contribution in [0.15, 0.2) is 24.3 Å². The van der Waals surface area contributed by atoms with Crippen molar-refractivity contribution in [3.8, 4) is 0 Å². The summed E-state index contributed by atoms with van der Waals surface area (Å²) < 4.78 is 44.1. The minimum absolute atomic E-state index is 0.0961. The second kappa shape index (κ2) is 7.79. The molecule has 0 radical (unpaired) electrons. The number of halogens is 3. The molecule has 0 aliphatic carbocycles. The van der Waals surface area contributed by atoms with Crippen molar-refractivity contribution in [3.05, 3.63) is 29.8 Å². The van der Waals surface area contributed by atoms with E-state index in [0.717, 1.165) is 25.5 Å². The van der Waals surface area contributed by atoms with E-state index in [1.165, 1.54) is 18.2 Å². The van der Waals surface area contributed by atoms with E-state index in [2.05, 4.69) is 10.6 Å². The van der Waals surface area contributed by atoms with Gasteiger partial charge in [-0.3, -0.25) is 4.79 Å². The van der Waals surface area contributed by atoms with Gasteiger partial charge < -0.3 is 15.4 Å². The van der Waals surface area contributed by atoms with Crippen LogP contribution in [0.25, 0.3) is 0 Å². The molecular formula is C16H21F3N2O2. The van der Waals surface area contributed by atoms with Gasteiger partial charge in [-0.25, -0.2) is 0 Å². The Labute approximate surface area is 133 Å². The first-order valence-electron chi connectivity index (χ1n) is 7.67. The predicted octanol–water partition coefficient (Wildman–Crippen LogP) is 3.19. The maximum Gasteiger partial charge on any atom is 0.418 e. The number of carbonyl (C=O) groups excluding carboxylic acids is 1. The number of amides is 1. The maximum absolute atomic E-state index is 12.9. The van der Waals surface area contributed by atoms with Gasteiger partial charge in [-0.1, -0.05) is 12.1 Å². The number of ether oxygens (including phenoxy) is 1. The summed E-state index contributed by atoms with van der Waals surface area (Å²) in [7, 11) is 0. The van der Waals surface area contributed by atoms with Crippen LogP contribution in [0.5, 0.6) is 0 Å². The molecule has 0 aromatic heterocycles. The fraction of sp³-hybridized carbons (Fsp3) is 0.562. The zero-order valence-electron chi connectivity index (χ0n) is 13.0. The largest absolute Gasteiger partial charge is 0.418 e. The monoisotopic (exact) mass is 330 g/mol. The molecule has 2 N–H and O–H groups in total. The van der Waals surface area contributed by atoms with Crippen LogP contribution in [-0.4, -0.2) is 31.2 Å². The first-order valence-corrected chi connectivity index (χ1v) is 7.67. The number of anilines is 1. The second-order valence-electron chi connectivity index (χ2n) is 5.74. The van der Waals surface area contributed by atoms with Crippen LogP contribution >= 0.6 is 0 Å². The third-order valence-corrected chi connectivity index (χ3v) is 3.72. The molecule has 2 unspecified atom stereocenters. The van der Waals surface area contributed by atoms with Gasteiger partial charge in [0.25, 0.3) is 0 Å². The molecular weight excluding hydrogens is 309 g/mol. The van der Waals surface area contributed by atoms with Gasteiger partial charge in [0.2, 0.25) is 5.91 Å². The van der Waals surface area contributed by atoms with E-state index in [1.54, 1.807) is 0 Å². The summed E-state index contributed by atoms with van der Waals surface area (Å²) in [6.45, 7) is 3.23. The van der Waals surface area contributed by atoms with Gasteiger partial charge in [-0.2, -0.15) is 13.2 Å². The van der Waals surface area contributed by atoms with Crippen molar-refractivity contribution >= 4 is 11.6 Å². The molecule has 0 spiro atoms. The molecule has 128 valence electrons. The number of benzene rings is 1. The van der Waals surface area contributed by atoms with E-state index in [0.29, 0.717) is 6.54 Å². The lowest BCUT2D eigenvalue weighted by Crippen LogP contribution is -2.36. The van der Waals surface area contributed by atoms with Crippen molar-refractivity contribution in [2.45, 2.75) is 44.5 Å². The number of rotatable bonds is 6. The summed E-state index contributed by atoms with van der Waals surface area (Å²) in [5.74, 6) is -0.450. The van der Waals surface area contributed by atoms with E-state index in [1.807, 2.05) is 6.92 Å². The Bertz CT molecular complexity index is 528. The number of hydrogen-bond donors (Lipinski definition) is 2. The lowest BCUT2D eigenvalue weighted by Gasteiger charge is -2.18. The highest BCUT2D eigenvalue weighted by molar-refractivity contribution is 5.92. The van der Waals surface area contributed by atoms with Crippen LogP contribution in [0.4, 0.5) is 18.9 Å². The van der Waals surface area contributed by atoms with Crippen molar-refractivity contribution in [1.82, 2.24) is 5.32 Å². The first-order chi connectivity index (χ1) is 10.9. The van der Waals surface area contributed by atoms with Gasteiger partial charge >= 0.3 is 6.18 Å². The third-order valence-electron chi connectivity index (χ3n) is 3.72. The molecule has 23 heavy (non-hydrogen) atoms. The topological polar surface area (TPSA) is 50.4 Å². The number of alkyl halides is 3. The molecule has 1 aromatic carbocycles. The molecule has 2 atom stereocenters. The Hall–Kier alpha value is -1.60. The lowest BCUT2D eigenvalue weighted by atomic mass is 10.1. The molecule has 0 saturated carbocycles. The molecule has 1 aromatic rings. The summed E-state index contributed by atoms with van der Waals surface area (Å²) in [6, 6.07) is 4.82. The average Bonchev–Trinajstić information content (AvgIpc) is 2.97. The van der Waals surface area contributed by atoms with Crippen molar-refractivity contribution in [1.29, 1.82) is 0 Å². The highest BCUT2D eigenvalue weighted by Gasteiger charge is 2.33. The van der Waals surface area contributed by atoms with Gasteiger partial charge in [0.15, 0.2) is 0 Å². The average molecular weight is 330 g/mol. The molecule has 1 aliphatic rings. The van der Waals surface area contributed by atoms with Crippen LogP contribution in [-0.2, 0) is 15.7 Å². The predicted molar refractivity (Wildman–Crippen MR) is 81.1 cm³/mol. The quantitative estimate of drug-likeness (QED) is 0.842. The van der Waals surface area contributed by atoms with E-state index in [9.17, 15) is 18.0 Å². The van der Waals surface area contributed by atoms with Crippen LogP contribution < -0.4 is 10.6 Å². The Kier molecular flexibility index (Phi) is 6.01. The van der Waals surface area contributed by atoms with Gasteiger partial charge in [-0.15, -0.1) is 0 Å². The Balaban J connectivity index is 1.84. The minimum atomic E-state index is -4.49. The van der Waals surface area contributed by atoms with Crippen molar-refractivity contribution in [3.63, 3.8) is 0 Å². The SMILES string of the molecule is CC(CC(=O)Nc1ccccc1C(F)(F)F)NCC1CCCO1. The molecule has 1 fully saturated rings. The van der Waals surface area contributed by atoms with Crippen LogP contribution in [0.1, 0.15) is 31.7 Å². The molecule has 1 amide bonds. The molecule has 1 heterocycles. The summed E-state index contributed by atoms with van der Waals surface area (Å²) in [5.41, 5.74) is -1.05. The number of nitrogens with one attached hydrogen (secondary N) is 2. The van der Waals surface area contributed by atoms with Crippen LogP contribution in [0.3, 0.4) is 0 Å². The van der Waals surface area contributed by atoms with Gasteiger partial charge in [0, 0.05) is 25.6 Å². The normalized spacial score (nSPS) is 19.6. The molecule has 1 saturated heterocycles. The van der Waals surface area contributed by atoms with Crippen molar-refractivity contribution in [2.24, 2.45) is 0 Å². The number of hydrogen-bond acceptors (Lipinski definition) is 3. The first kappa shape index (κ1) is 17.7. The van der Waals surface area contributed by atoms with E-state index in [4.69, 9.17) is 4.74 Å². The fourth-order valence-electron chi connectivity index (χ4n) is 2.53. The van der Waals surface area contributed by atoms with Crippen molar-refractivity contribution in [2.75, 3.05) is 18.5 Å². The zero-order chi connectivity index (χ0) is 16.9. The molecule has 2 rings (SSSR count). The Morgan fingerprint density at radius 2 is 2.13 bits per heavy atom. The third kappa shape index (κ3) is 5.51. The lowest BCUT2D eigenvalue weighted by molar-refractivity contribution is -0.137. The van der Waals surface area contributed by atoms with Crippen LogP contribution in [0, 0.1) is 0 Å². The number of para-hydroxylation sites is 1.